The molecule has 1 N–H and O–H groups in total. The second-order valence-electron chi connectivity index (χ2n) is 7.84. The monoisotopic (exact) mass is 415 g/mol. The molecule has 4 rings (SSSR count). The normalized spacial score (nSPS) is 23.0. The number of rotatable bonds is 5. The summed E-state index contributed by atoms with van der Waals surface area (Å²) in [4.78, 5) is 25.1. The van der Waals surface area contributed by atoms with Crippen molar-refractivity contribution in [3.63, 3.8) is 0 Å². The van der Waals surface area contributed by atoms with Gasteiger partial charge in [-0.25, -0.2) is 9.37 Å². The average molecular weight is 415 g/mol. The van der Waals surface area contributed by atoms with E-state index in [4.69, 9.17) is 9.47 Å². The maximum absolute atomic E-state index is 13.8. The van der Waals surface area contributed by atoms with Crippen LogP contribution in [0, 0.1) is 12.7 Å². The lowest BCUT2D eigenvalue weighted by atomic mass is 9.89. The quantitative estimate of drug-likeness (QED) is 0.804. The van der Waals surface area contributed by atoms with Gasteiger partial charge in [-0.1, -0.05) is 0 Å². The molecule has 1 aromatic carbocycles. The minimum atomic E-state index is -0.441. The lowest BCUT2D eigenvalue weighted by Gasteiger charge is -2.38. The Kier molecular flexibility index (Phi) is 5.13. The molecule has 1 aliphatic heterocycles. The number of aryl methyl sites for hydroxylation is 1. The molecule has 2 aromatic rings. The molecule has 1 saturated carbocycles. The molecule has 0 radical (unpaired) electrons. The number of hydrogen-bond donors (Lipinski definition) is 1. The SMILES string of the molecule is COc1ccc(OC2CC(Nc3nc(C)c4c(n3)N(C)[C@@H](C)C(=O)N4C)C2)cc1F. The molecule has 0 unspecified atom stereocenters. The van der Waals surface area contributed by atoms with Gasteiger partial charge in [-0.15, -0.1) is 0 Å². The minimum absolute atomic E-state index is 0.000435. The highest BCUT2D eigenvalue weighted by Crippen LogP contribution is 2.36. The van der Waals surface area contributed by atoms with Gasteiger partial charge < -0.3 is 24.6 Å². The molecule has 2 heterocycles. The summed E-state index contributed by atoms with van der Waals surface area (Å²) < 4.78 is 24.6. The summed E-state index contributed by atoms with van der Waals surface area (Å²) >= 11 is 0. The topological polar surface area (TPSA) is 79.8 Å². The van der Waals surface area contributed by atoms with Gasteiger partial charge in [0.05, 0.1) is 12.8 Å². The number of ether oxygens (including phenoxy) is 2. The van der Waals surface area contributed by atoms with Gasteiger partial charge in [0.1, 0.15) is 23.6 Å². The number of nitrogens with one attached hydrogen (secondary N) is 1. The molecule has 2 aliphatic rings. The summed E-state index contributed by atoms with van der Waals surface area (Å²) in [6.07, 6.45) is 1.52. The summed E-state index contributed by atoms with van der Waals surface area (Å²) in [7, 11) is 5.05. The van der Waals surface area contributed by atoms with Gasteiger partial charge >= 0.3 is 0 Å². The molecule has 30 heavy (non-hydrogen) atoms. The van der Waals surface area contributed by atoms with E-state index >= 15 is 0 Å². The van der Waals surface area contributed by atoms with Crippen molar-refractivity contribution in [2.45, 2.75) is 44.9 Å². The molecule has 1 aromatic heterocycles. The van der Waals surface area contributed by atoms with Crippen molar-refractivity contribution in [3.8, 4) is 11.5 Å². The Morgan fingerprint density at radius 2 is 1.97 bits per heavy atom. The first-order valence-corrected chi connectivity index (χ1v) is 9.94. The molecular formula is C21H26FN5O3. The summed E-state index contributed by atoms with van der Waals surface area (Å²) in [5, 5.41) is 3.35. The Labute approximate surface area is 175 Å². The number of amides is 1. The summed E-state index contributed by atoms with van der Waals surface area (Å²) in [5.41, 5.74) is 1.49. The number of nitrogens with zero attached hydrogens (tertiary/aromatic N) is 4. The highest BCUT2D eigenvalue weighted by molar-refractivity contribution is 6.04. The van der Waals surface area contributed by atoms with E-state index in [2.05, 4.69) is 15.3 Å². The smallest absolute Gasteiger partial charge is 0.249 e. The second-order valence-corrected chi connectivity index (χ2v) is 7.84. The summed E-state index contributed by atoms with van der Waals surface area (Å²) in [5.74, 6) is 1.53. The summed E-state index contributed by atoms with van der Waals surface area (Å²) in [6, 6.07) is 4.48. The maximum atomic E-state index is 13.8. The Morgan fingerprint density at radius 1 is 1.23 bits per heavy atom. The van der Waals surface area contributed by atoms with E-state index in [9.17, 15) is 9.18 Å². The number of halogens is 1. The van der Waals surface area contributed by atoms with Crippen LogP contribution in [-0.2, 0) is 4.79 Å². The lowest BCUT2D eigenvalue weighted by molar-refractivity contribution is -0.119. The van der Waals surface area contributed by atoms with Crippen molar-refractivity contribution in [1.82, 2.24) is 9.97 Å². The molecule has 1 atom stereocenters. The minimum Gasteiger partial charge on any atom is -0.494 e. The van der Waals surface area contributed by atoms with Gasteiger partial charge in [-0.3, -0.25) is 4.79 Å². The van der Waals surface area contributed by atoms with Gasteiger partial charge in [0.2, 0.25) is 11.9 Å². The fourth-order valence-corrected chi connectivity index (χ4v) is 3.87. The van der Waals surface area contributed by atoms with Gasteiger partial charge in [-0.05, 0) is 26.0 Å². The zero-order valence-electron chi connectivity index (χ0n) is 17.8. The molecule has 9 heteroatoms. The third-order valence-electron chi connectivity index (χ3n) is 5.83. The van der Waals surface area contributed by atoms with Gasteiger partial charge in [0.25, 0.3) is 0 Å². The molecule has 0 bridgehead atoms. The molecule has 8 nitrogen and oxygen atoms in total. The molecule has 160 valence electrons. The van der Waals surface area contributed by atoms with Crippen LogP contribution in [0.2, 0.25) is 0 Å². The number of hydrogen-bond acceptors (Lipinski definition) is 7. The predicted molar refractivity (Wildman–Crippen MR) is 112 cm³/mol. The first-order valence-electron chi connectivity index (χ1n) is 9.94. The Morgan fingerprint density at radius 3 is 2.63 bits per heavy atom. The number of aromatic nitrogens is 2. The van der Waals surface area contributed by atoms with Crippen LogP contribution < -0.4 is 24.6 Å². The van der Waals surface area contributed by atoms with Gasteiger partial charge in [0.15, 0.2) is 17.4 Å². The van der Waals surface area contributed by atoms with Gasteiger partial charge in [-0.2, -0.15) is 4.98 Å². The molecule has 1 amide bonds. The fourth-order valence-electron chi connectivity index (χ4n) is 3.87. The first kappa shape index (κ1) is 20.2. The third kappa shape index (κ3) is 3.48. The standard InChI is InChI=1S/C21H26FN5O3/c1-11-18-19(26(3)12(2)20(28)27(18)4)25-21(23-11)24-13-8-15(9-13)30-14-6-7-17(29-5)16(22)10-14/h6-7,10,12-13,15H,8-9H2,1-5H3,(H,23,24,25)/t12-,13?,15?/m0/s1. The highest BCUT2D eigenvalue weighted by atomic mass is 19.1. The van der Waals surface area contributed by atoms with Crippen LogP contribution in [0.15, 0.2) is 18.2 Å². The molecule has 1 aliphatic carbocycles. The van der Waals surface area contributed by atoms with Crippen LogP contribution in [0.1, 0.15) is 25.5 Å². The molecule has 0 spiro atoms. The zero-order valence-corrected chi connectivity index (χ0v) is 17.8. The first-order chi connectivity index (χ1) is 14.3. The van der Waals surface area contributed by atoms with Gasteiger partial charge in [0, 0.05) is 39.0 Å². The Balaban J connectivity index is 1.40. The number of methoxy groups -OCH3 is 1. The van der Waals surface area contributed by atoms with Crippen LogP contribution >= 0.6 is 0 Å². The largest absolute Gasteiger partial charge is 0.494 e. The van der Waals surface area contributed by atoms with E-state index < -0.39 is 5.82 Å². The van der Waals surface area contributed by atoms with E-state index in [0.29, 0.717) is 11.7 Å². The van der Waals surface area contributed by atoms with E-state index in [1.807, 2.05) is 25.8 Å². The fraction of sp³-hybridized carbons (Fsp3) is 0.476. The Bertz CT molecular complexity index is 979. The Hall–Kier alpha value is -3.10. The second kappa shape index (κ2) is 7.62. The van der Waals surface area contributed by atoms with Crippen LogP contribution in [-0.4, -0.2) is 55.3 Å². The molecular weight excluding hydrogens is 389 g/mol. The van der Waals surface area contributed by atoms with Crippen LogP contribution in [0.3, 0.4) is 0 Å². The van der Waals surface area contributed by atoms with E-state index in [-0.39, 0.29) is 29.8 Å². The van der Waals surface area contributed by atoms with Crippen LogP contribution in [0.25, 0.3) is 0 Å². The van der Waals surface area contributed by atoms with Crippen molar-refractivity contribution < 1.29 is 18.7 Å². The van der Waals surface area contributed by atoms with Crippen molar-refractivity contribution in [1.29, 1.82) is 0 Å². The van der Waals surface area contributed by atoms with E-state index in [1.165, 1.54) is 13.2 Å². The summed E-state index contributed by atoms with van der Waals surface area (Å²) in [6.45, 7) is 3.74. The lowest BCUT2D eigenvalue weighted by Crippen LogP contribution is -2.50. The van der Waals surface area contributed by atoms with E-state index in [1.54, 1.807) is 24.1 Å². The van der Waals surface area contributed by atoms with Crippen LogP contribution in [0.4, 0.5) is 21.8 Å². The van der Waals surface area contributed by atoms with E-state index in [0.717, 1.165) is 30.0 Å². The molecule has 0 saturated heterocycles. The van der Waals surface area contributed by atoms with Crippen molar-refractivity contribution in [3.05, 3.63) is 29.7 Å². The zero-order chi connectivity index (χ0) is 21.6. The number of carbonyl (C=O) groups is 1. The van der Waals surface area contributed by atoms with Crippen molar-refractivity contribution in [2.24, 2.45) is 0 Å². The third-order valence-corrected chi connectivity index (χ3v) is 5.83. The van der Waals surface area contributed by atoms with Crippen LogP contribution in [0.5, 0.6) is 11.5 Å². The number of carbonyl (C=O) groups excluding carboxylic acids is 1. The van der Waals surface area contributed by atoms with Crippen molar-refractivity contribution >= 4 is 23.4 Å². The maximum Gasteiger partial charge on any atom is 0.249 e. The number of likely N-dealkylation sites (N-methyl/N-ethyl adjacent to an activating group) is 2. The van der Waals surface area contributed by atoms with Crippen molar-refractivity contribution in [2.75, 3.05) is 36.3 Å². The predicted octanol–water partition coefficient (Wildman–Crippen LogP) is 2.76. The number of anilines is 3. The number of benzene rings is 1. The highest BCUT2D eigenvalue weighted by Gasteiger charge is 2.36. The average Bonchev–Trinajstić information content (AvgIpc) is 2.68. The molecule has 1 fully saturated rings. The number of fused-ring (bicyclic) bond motifs is 1.